The van der Waals surface area contributed by atoms with E-state index in [1.807, 2.05) is 0 Å². The molecule has 0 bridgehead atoms. The summed E-state index contributed by atoms with van der Waals surface area (Å²) < 4.78 is 35.0. The molecule has 1 amide bonds. The van der Waals surface area contributed by atoms with Crippen LogP contribution < -0.4 is 11.5 Å². The number of hydrogen-bond donors (Lipinski definition) is 2. The van der Waals surface area contributed by atoms with Crippen LogP contribution in [0.2, 0.25) is 0 Å². The van der Waals surface area contributed by atoms with Crippen molar-refractivity contribution >= 4 is 5.91 Å². The van der Waals surface area contributed by atoms with Gasteiger partial charge in [0.05, 0.1) is 0 Å². The van der Waals surface area contributed by atoms with Crippen LogP contribution >= 0.6 is 0 Å². The van der Waals surface area contributed by atoms with Crippen LogP contribution in [0.1, 0.15) is 6.92 Å². The van der Waals surface area contributed by atoms with E-state index in [0.29, 0.717) is 6.92 Å². The number of primary amides is 1. The second-order valence-electron chi connectivity index (χ2n) is 2.06. The summed E-state index contributed by atoms with van der Waals surface area (Å²) in [6.07, 6.45) is -4.78. The molecule has 0 aromatic carbocycles. The van der Waals surface area contributed by atoms with Crippen LogP contribution in [0.25, 0.3) is 0 Å². The first-order valence-electron chi connectivity index (χ1n) is 2.35. The summed E-state index contributed by atoms with van der Waals surface area (Å²) in [4.78, 5) is 10.0. The Hall–Kier alpha value is -0.780. The fourth-order valence-corrected chi connectivity index (χ4v) is 0.140. The molecule has 0 radical (unpaired) electrons. The second-order valence-corrected chi connectivity index (χ2v) is 2.06. The van der Waals surface area contributed by atoms with Gasteiger partial charge in [-0.25, -0.2) is 0 Å². The number of carbonyl (C=O) groups excluding carboxylic acids is 1. The average molecular weight is 156 g/mol. The highest BCUT2D eigenvalue weighted by Gasteiger charge is 2.52. The minimum Gasteiger partial charge on any atom is -0.368 e. The van der Waals surface area contributed by atoms with Gasteiger partial charge < -0.3 is 11.5 Å². The highest BCUT2D eigenvalue weighted by Crippen LogP contribution is 2.27. The summed E-state index contributed by atoms with van der Waals surface area (Å²) in [7, 11) is 0. The van der Waals surface area contributed by atoms with E-state index >= 15 is 0 Å². The van der Waals surface area contributed by atoms with E-state index in [2.05, 4.69) is 11.5 Å². The molecule has 0 rings (SSSR count). The number of hydrogen-bond acceptors (Lipinski definition) is 2. The number of halogens is 3. The molecule has 0 aliphatic rings. The molecular weight excluding hydrogens is 149 g/mol. The summed E-state index contributed by atoms with van der Waals surface area (Å²) in [5.41, 5.74) is 5.99. The van der Waals surface area contributed by atoms with E-state index in [1.54, 1.807) is 0 Å². The third-order valence-electron chi connectivity index (χ3n) is 1.10. The predicted molar refractivity (Wildman–Crippen MR) is 27.8 cm³/mol. The zero-order valence-electron chi connectivity index (χ0n) is 5.20. The molecule has 0 spiro atoms. The number of carbonyl (C=O) groups is 1. The molecule has 0 saturated carbocycles. The Labute approximate surface area is 55.2 Å². The fourth-order valence-electron chi connectivity index (χ4n) is 0.140. The van der Waals surface area contributed by atoms with E-state index < -0.39 is 17.6 Å². The monoisotopic (exact) mass is 156 g/mol. The molecule has 4 N–H and O–H groups in total. The summed E-state index contributed by atoms with van der Waals surface area (Å²) in [5, 5.41) is 0. The molecule has 10 heavy (non-hydrogen) atoms. The quantitative estimate of drug-likeness (QED) is 0.549. The average Bonchev–Trinajstić information content (AvgIpc) is 1.62. The van der Waals surface area contributed by atoms with Crippen molar-refractivity contribution in [3.8, 4) is 0 Å². The van der Waals surface area contributed by atoms with Gasteiger partial charge in [0.15, 0.2) is 5.54 Å². The number of amides is 1. The van der Waals surface area contributed by atoms with Gasteiger partial charge in [-0.15, -0.1) is 0 Å². The Morgan fingerprint density at radius 3 is 1.70 bits per heavy atom. The minimum absolute atomic E-state index is 0.523. The fraction of sp³-hybridized carbons (Fsp3) is 0.750. The van der Waals surface area contributed by atoms with Gasteiger partial charge >= 0.3 is 6.18 Å². The maximum absolute atomic E-state index is 11.7. The van der Waals surface area contributed by atoms with Crippen molar-refractivity contribution in [1.29, 1.82) is 0 Å². The molecule has 0 fully saturated rings. The maximum atomic E-state index is 11.7. The Morgan fingerprint density at radius 1 is 1.40 bits per heavy atom. The lowest BCUT2D eigenvalue weighted by atomic mass is 10.0. The lowest BCUT2D eigenvalue weighted by Gasteiger charge is -2.23. The van der Waals surface area contributed by atoms with Crippen LogP contribution in [0, 0.1) is 0 Å². The van der Waals surface area contributed by atoms with Gasteiger partial charge in [-0.05, 0) is 6.92 Å². The molecule has 0 heterocycles. The van der Waals surface area contributed by atoms with Crippen LogP contribution in [-0.2, 0) is 4.79 Å². The molecule has 0 aliphatic carbocycles. The SMILES string of the molecule is C[C@](N)(C(N)=O)C(F)(F)F. The van der Waals surface area contributed by atoms with Crippen molar-refractivity contribution in [1.82, 2.24) is 0 Å². The first-order valence-corrected chi connectivity index (χ1v) is 2.35. The van der Waals surface area contributed by atoms with E-state index in [-0.39, 0.29) is 0 Å². The molecule has 1 atom stereocenters. The van der Waals surface area contributed by atoms with Crippen molar-refractivity contribution in [2.45, 2.75) is 18.6 Å². The van der Waals surface area contributed by atoms with E-state index in [1.165, 1.54) is 0 Å². The standard InChI is InChI=1S/C4H7F3N2O/c1-3(9,2(8)10)4(5,6)7/h9H2,1H3,(H2,8,10)/t3-/m0/s1. The van der Waals surface area contributed by atoms with Crippen LogP contribution in [0.15, 0.2) is 0 Å². The molecule has 0 unspecified atom stereocenters. The van der Waals surface area contributed by atoms with Crippen molar-refractivity contribution < 1.29 is 18.0 Å². The van der Waals surface area contributed by atoms with Crippen LogP contribution in [0.3, 0.4) is 0 Å². The van der Waals surface area contributed by atoms with Gasteiger partial charge in [0, 0.05) is 0 Å². The van der Waals surface area contributed by atoms with Crippen LogP contribution in [0.5, 0.6) is 0 Å². The Balaban J connectivity index is 4.57. The molecule has 0 aromatic rings. The first kappa shape index (κ1) is 9.22. The predicted octanol–water partition coefficient (Wildman–Crippen LogP) is -0.249. The van der Waals surface area contributed by atoms with Crippen molar-refractivity contribution in [2.75, 3.05) is 0 Å². The van der Waals surface area contributed by atoms with E-state index in [4.69, 9.17) is 0 Å². The Bertz CT molecular complexity index is 151. The van der Waals surface area contributed by atoms with Gasteiger partial charge in [0.2, 0.25) is 5.91 Å². The summed E-state index contributed by atoms with van der Waals surface area (Å²) in [5.74, 6) is -1.58. The van der Waals surface area contributed by atoms with Gasteiger partial charge in [0.1, 0.15) is 0 Å². The lowest BCUT2D eigenvalue weighted by Crippen LogP contribution is -2.59. The number of rotatable bonds is 1. The maximum Gasteiger partial charge on any atom is 0.415 e. The smallest absolute Gasteiger partial charge is 0.368 e. The van der Waals surface area contributed by atoms with Crippen LogP contribution in [-0.4, -0.2) is 17.6 Å². The number of nitrogens with two attached hydrogens (primary N) is 2. The zero-order valence-corrected chi connectivity index (χ0v) is 5.20. The number of alkyl halides is 3. The molecule has 0 saturated heterocycles. The highest BCUT2D eigenvalue weighted by molar-refractivity contribution is 5.84. The molecule has 0 aromatic heterocycles. The summed E-state index contributed by atoms with van der Waals surface area (Å²) >= 11 is 0. The van der Waals surface area contributed by atoms with Crippen molar-refractivity contribution in [2.24, 2.45) is 11.5 Å². The largest absolute Gasteiger partial charge is 0.415 e. The third kappa shape index (κ3) is 1.38. The van der Waals surface area contributed by atoms with Crippen molar-refractivity contribution in [3.63, 3.8) is 0 Å². The first-order chi connectivity index (χ1) is 4.19. The normalized spacial score (nSPS) is 18.1. The zero-order chi connectivity index (χ0) is 8.58. The topological polar surface area (TPSA) is 69.1 Å². The Kier molecular flexibility index (Phi) is 1.95. The third-order valence-corrected chi connectivity index (χ3v) is 1.10. The van der Waals surface area contributed by atoms with Gasteiger partial charge in [0.25, 0.3) is 0 Å². The molecular formula is C4H7F3N2O. The highest BCUT2D eigenvalue weighted by atomic mass is 19.4. The lowest BCUT2D eigenvalue weighted by molar-refractivity contribution is -0.185. The van der Waals surface area contributed by atoms with E-state index in [9.17, 15) is 18.0 Å². The molecule has 60 valence electrons. The van der Waals surface area contributed by atoms with Gasteiger partial charge in [-0.3, -0.25) is 4.79 Å². The molecule has 3 nitrogen and oxygen atoms in total. The van der Waals surface area contributed by atoms with E-state index in [0.717, 1.165) is 0 Å². The summed E-state index contributed by atoms with van der Waals surface area (Å²) in [6.45, 7) is 0.523. The molecule has 0 aliphatic heterocycles. The second kappa shape index (κ2) is 2.12. The van der Waals surface area contributed by atoms with Gasteiger partial charge in [-0.2, -0.15) is 13.2 Å². The van der Waals surface area contributed by atoms with Crippen LogP contribution in [0.4, 0.5) is 13.2 Å². The Morgan fingerprint density at radius 2 is 1.70 bits per heavy atom. The minimum atomic E-state index is -4.78. The van der Waals surface area contributed by atoms with Crippen molar-refractivity contribution in [3.05, 3.63) is 0 Å². The summed E-state index contributed by atoms with van der Waals surface area (Å²) in [6, 6.07) is 0. The molecule has 6 heteroatoms. The van der Waals surface area contributed by atoms with Gasteiger partial charge in [-0.1, -0.05) is 0 Å².